The first-order valence-corrected chi connectivity index (χ1v) is 11.3. The van der Waals surface area contributed by atoms with Crippen molar-refractivity contribution in [2.24, 2.45) is 0 Å². The van der Waals surface area contributed by atoms with Crippen molar-refractivity contribution >= 4 is 55.8 Å². The molecule has 2 heterocycles. The molecule has 9 nitrogen and oxygen atoms in total. The van der Waals surface area contributed by atoms with Crippen molar-refractivity contribution in [3.05, 3.63) is 58.7 Å². The molecule has 2 aromatic carbocycles. The molecule has 0 amide bonds. The van der Waals surface area contributed by atoms with Gasteiger partial charge in [0.05, 0.1) is 28.2 Å². The predicted octanol–water partition coefficient (Wildman–Crippen LogP) is 3.53. The van der Waals surface area contributed by atoms with E-state index >= 15 is 0 Å². The van der Waals surface area contributed by atoms with Gasteiger partial charge in [-0.3, -0.25) is 9.82 Å². The Kier molecular flexibility index (Phi) is 5.96. The number of nitrogens with zero attached hydrogens (tertiary/aromatic N) is 3. The van der Waals surface area contributed by atoms with Crippen molar-refractivity contribution in [2.45, 2.75) is 4.90 Å². The van der Waals surface area contributed by atoms with Crippen LogP contribution in [0.25, 0.3) is 22.4 Å². The van der Waals surface area contributed by atoms with E-state index in [-0.39, 0.29) is 21.5 Å². The van der Waals surface area contributed by atoms with E-state index in [4.69, 9.17) is 28.3 Å². The summed E-state index contributed by atoms with van der Waals surface area (Å²) in [5.41, 5.74) is 1.53. The van der Waals surface area contributed by atoms with Gasteiger partial charge in [0.1, 0.15) is 10.7 Å². The third-order valence-corrected chi connectivity index (χ3v) is 6.67. The molecule has 0 unspecified atom stereocenters. The van der Waals surface area contributed by atoms with Crippen molar-refractivity contribution in [1.82, 2.24) is 20.2 Å². The summed E-state index contributed by atoms with van der Waals surface area (Å²) >= 11 is 12.0. The highest BCUT2D eigenvalue weighted by Gasteiger charge is 2.20. The molecular weight excluding hydrogens is 463 g/mol. The third kappa shape index (κ3) is 4.42. The molecule has 4 N–H and O–H groups in total. The van der Waals surface area contributed by atoms with Crippen molar-refractivity contribution in [2.75, 3.05) is 23.2 Å². The number of hydrogen-bond donors (Lipinski definition) is 4. The number of aromatic nitrogens is 4. The smallest absolute Gasteiger partial charge is 0.263 e. The Hall–Kier alpha value is -2.92. The fourth-order valence-electron chi connectivity index (χ4n) is 2.86. The minimum Gasteiger partial charge on any atom is -0.395 e. The third-order valence-electron chi connectivity index (χ3n) is 4.31. The molecular formula is C19H16Cl2N6O3S. The number of aromatic amines is 1. The molecule has 0 aliphatic rings. The molecule has 160 valence electrons. The van der Waals surface area contributed by atoms with Gasteiger partial charge in [0.2, 0.25) is 0 Å². The Bertz CT molecular complexity index is 1340. The van der Waals surface area contributed by atoms with Crippen LogP contribution < -0.4 is 10.0 Å². The van der Waals surface area contributed by atoms with Gasteiger partial charge in [-0.2, -0.15) is 5.10 Å². The van der Waals surface area contributed by atoms with Crippen molar-refractivity contribution in [1.29, 1.82) is 0 Å². The first kappa shape index (κ1) is 21.3. The molecule has 0 aliphatic heterocycles. The summed E-state index contributed by atoms with van der Waals surface area (Å²) in [5, 5.41) is 19.7. The van der Waals surface area contributed by atoms with Crippen LogP contribution in [0.3, 0.4) is 0 Å². The van der Waals surface area contributed by atoms with Crippen LogP contribution >= 0.6 is 23.2 Å². The van der Waals surface area contributed by atoms with Gasteiger partial charge in [0.25, 0.3) is 10.0 Å². The molecule has 0 atom stereocenters. The van der Waals surface area contributed by atoms with Crippen LogP contribution in [0.4, 0.5) is 11.5 Å². The highest BCUT2D eigenvalue weighted by molar-refractivity contribution is 7.92. The van der Waals surface area contributed by atoms with E-state index < -0.39 is 10.0 Å². The van der Waals surface area contributed by atoms with Crippen LogP contribution in [-0.2, 0) is 10.0 Å². The maximum absolute atomic E-state index is 12.7. The summed E-state index contributed by atoms with van der Waals surface area (Å²) in [6, 6.07) is 10.9. The number of benzene rings is 2. The number of rotatable bonds is 7. The molecule has 0 radical (unpaired) electrons. The Morgan fingerprint density at radius 2 is 1.84 bits per heavy atom. The topological polar surface area (TPSA) is 133 Å². The number of nitrogens with one attached hydrogen (secondary N) is 3. The summed E-state index contributed by atoms with van der Waals surface area (Å²) in [4.78, 5) is 8.82. The summed E-state index contributed by atoms with van der Waals surface area (Å²) in [6.07, 6.45) is 1.59. The number of fused-ring (bicyclic) bond motifs is 1. The van der Waals surface area contributed by atoms with Gasteiger partial charge in [0, 0.05) is 17.8 Å². The quantitative estimate of drug-likeness (QED) is 0.319. The van der Waals surface area contributed by atoms with Crippen LogP contribution in [0.15, 0.2) is 53.6 Å². The summed E-state index contributed by atoms with van der Waals surface area (Å²) in [6.45, 7) is 0.272. The Labute approximate surface area is 187 Å². The van der Waals surface area contributed by atoms with Crippen molar-refractivity contribution in [3.8, 4) is 11.4 Å². The number of sulfonamides is 1. The predicted molar refractivity (Wildman–Crippen MR) is 120 cm³/mol. The lowest BCUT2D eigenvalue weighted by Crippen LogP contribution is -2.13. The lowest BCUT2D eigenvalue weighted by molar-refractivity contribution is 0.311. The monoisotopic (exact) mass is 478 g/mol. The summed E-state index contributed by atoms with van der Waals surface area (Å²) in [5.74, 6) is 0.938. The van der Waals surface area contributed by atoms with E-state index in [0.29, 0.717) is 40.5 Å². The van der Waals surface area contributed by atoms with Gasteiger partial charge in [0.15, 0.2) is 11.5 Å². The normalized spacial score (nSPS) is 11.6. The number of hydrogen-bond acceptors (Lipinski definition) is 7. The van der Waals surface area contributed by atoms with Gasteiger partial charge in [-0.05, 0) is 36.4 Å². The molecule has 0 bridgehead atoms. The number of aliphatic hydroxyl groups is 1. The second kappa shape index (κ2) is 8.67. The van der Waals surface area contributed by atoms with Gasteiger partial charge in [-0.15, -0.1) is 0 Å². The van der Waals surface area contributed by atoms with E-state index in [9.17, 15) is 8.42 Å². The zero-order valence-corrected chi connectivity index (χ0v) is 18.1. The highest BCUT2D eigenvalue weighted by atomic mass is 35.5. The average Bonchev–Trinajstić information content (AvgIpc) is 3.23. The lowest BCUT2D eigenvalue weighted by atomic mass is 10.2. The fraction of sp³-hybridized carbons (Fsp3) is 0.105. The van der Waals surface area contributed by atoms with Crippen LogP contribution in [0.1, 0.15) is 0 Å². The molecule has 4 rings (SSSR count). The Morgan fingerprint density at radius 1 is 1.06 bits per heavy atom. The summed E-state index contributed by atoms with van der Waals surface area (Å²) in [7, 11) is -3.93. The van der Waals surface area contributed by atoms with Crippen LogP contribution in [0.2, 0.25) is 10.0 Å². The van der Waals surface area contributed by atoms with Gasteiger partial charge in [-0.1, -0.05) is 29.3 Å². The van der Waals surface area contributed by atoms with Crippen LogP contribution in [-0.4, -0.2) is 46.8 Å². The number of halogens is 2. The average molecular weight is 479 g/mol. The van der Waals surface area contributed by atoms with Crippen LogP contribution in [0.5, 0.6) is 0 Å². The van der Waals surface area contributed by atoms with Crippen LogP contribution in [0, 0.1) is 0 Å². The molecule has 0 fully saturated rings. The van der Waals surface area contributed by atoms with E-state index in [1.165, 1.54) is 18.2 Å². The zero-order chi connectivity index (χ0) is 22.0. The molecule has 31 heavy (non-hydrogen) atoms. The van der Waals surface area contributed by atoms with E-state index in [0.717, 1.165) is 0 Å². The first-order chi connectivity index (χ1) is 14.9. The Balaban J connectivity index is 1.62. The van der Waals surface area contributed by atoms with E-state index in [1.807, 2.05) is 0 Å². The standard InChI is InChI=1S/C19H16Cl2N6O3S/c20-14-2-1-3-15(16(14)21)31(29,30)27-12-6-4-11(5-7-12)17-24-18(22-8-9-28)13-10-23-26-19(13)25-17/h1-7,10,27-28H,8-9H2,(H2,22,23,24,25,26). The number of aliphatic hydroxyl groups excluding tert-OH is 1. The summed E-state index contributed by atoms with van der Waals surface area (Å²) < 4.78 is 27.8. The van der Waals surface area contributed by atoms with Gasteiger partial charge < -0.3 is 10.4 Å². The molecule has 12 heteroatoms. The molecule has 4 aromatic rings. The highest BCUT2D eigenvalue weighted by Crippen LogP contribution is 2.30. The zero-order valence-electron chi connectivity index (χ0n) is 15.8. The maximum Gasteiger partial charge on any atom is 0.263 e. The van der Waals surface area contributed by atoms with Gasteiger partial charge >= 0.3 is 0 Å². The maximum atomic E-state index is 12.7. The SMILES string of the molecule is O=S(=O)(Nc1ccc(-c2nc(NCCO)c3cn[nH]c3n2)cc1)c1cccc(Cl)c1Cl. The molecule has 0 saturated carbocycles. The lowest BCUT2D eigenvalue weighted by Gasteiger charge is -2.11. The molecule has 0 saturated heterocycles. The second-order valence-electron chi connectivity index (χ2n) is 6.41. The van der Waals surface area contributed by atoms with E-state index in [2.05, 4.69) is 30.2 Å². The number of H-pyrrole nitrogens is 1. The fourth-order valence-corrected chi connectivity index (χ4v) is 4.68. The molecule has 2 aromatic heterocycles. The van der Waals surface area contributed by atoms with Crippen molar-refractivity contribution in [3.63, 3.8) is 0 Å². The Morgan fingerprint density at radius 3 is 2.58 bits per heavy atom. The van der Waals surface area contributed by atoms with E-state index in [1.54, 1.807) is 30.5 Å². The minimum absolute atomic E-state index is 0.0440. The largest absolute Gasteiger partial charge is 0.395 e. The minimum atomic E-state index is -3.93. The van der Waals surface area contributed by atoms with Crippen molar-refractivity contribution < 1.29 is 13.5 Å². The molecule has 0 aliphatic carbocycles. The molecule has 0 spiro atoms. The number of anilines is 2. The second-order valence-corrected chi connectivity index (χ2v) is 8.85. The van der Waals surface area contributed by atoms with Gasteiger partial charge in [-0.25, -0.2) is 18.4 Å². The first-order valence-electron chi connectivity index (χ1n) is 9.02.